The number of rotatable bonds is 4. The van der Waals surface area contributed by atoms with Crippen LogP contribution < -0.4 is 5.73 Å². The van der Waals surface area contributed by atoms with Crippen LogP contribution >= 0.6 is 0 Å². The van der Waals surface area contributed by atoms with E-state index in [0.29, 0.717) is 42.7 Å². The second-order valence-corrected chi connectivity index (χ2v) is 11.2. The smallest absolute Gasteiger partial charge is 0.269 e. The first-order valence-corrected chi connectivity index (χ1v) is 12.7. The van der Waals surface area contributed by atoms with Crippen molar-refractivity contribution < 1.29 is 15.0 Å². The minimum absolute atomic E-state index is 0.217. The topological polar surface area (TPSA) is 119 Å². The van der Waals surface area contributed by atoms with E-state index in [1.165, 1.54) is 5.56 Å². The lowest BCUT2D eigenvalue weighted by Crippen LogP contribution is -2.26. The molecule has 4 N–H and O–H groups in total. The van der Waals surface area contributed by atoms with Crippen LogP contribution in [-0.4, -0.2) is 46.7 Å². The van der Waals surface area contributed by atoms with Gasteiger partial charge in [-0.05, 0) is 75.5 Å². The van der Waals surface area contributed by atoms with Gasteiger partial charge in [0.15, 0.2) is 5.69 Å². The normalized spacial score (nSPS) is 21.6. The summed E-state index contributed by atoms with van der Waals surface area (Å²) in [5, 5.41) is 25.3. The molecule has 8 heteroatoms. The highest BCUT2D eigenvalue weighted by Crippen LogP contribution is 2.54. The average molecular weight is 486 g/mol. The summed E-state index contributed by atoms with van der Waals surface area (Å²) >= 11 is 0. The Bertz CT molecular complexity index is 1430. The Balaban J connectivity index is 1.46. The fraction of sp³-hybridized carbons (Fsp3) is 0.464. The van der Waals surface area contributed by atoms with Gasteiger partial charge in [-0.25, -0.2) is 4.98 Å². The molecule has 2 aliphatic carbocycles. The molecule has 3 aliphatic rings. The fourth-order valence-electron chi connectivity index (χ4n) is 5.76. The number of carbonyl (C=O) groups excluding carboxylic acids is 1. The molecular formula is C28H31N5O3. The molecule has 0 spiro atoms. The van der Waals surface area contributed by atoms with E-state index < -0.39 is 17.1 Å². The molecule has 2 saturated carbocycles. The maximum absolute atomic E-state index is 12.5. The first-order valence-electron chi connectivity index (χ1n) is 12.7. The summed E-state index contributed by atoms with van der Waals surface area (Å²) in [6, 6.07) is 6.18. The van der Waals surface area contributed by atoms with E-state index >= 15 is 0 Å². The van der Waals surface area contributed by atoms with Gasteiger partial charge in [0.25, 0.3) is 5.91 Å². The predicted octanol–water partition coefficient (Wildman–Crippen LogP) is 3.06. The van der Waals surface area contributed by atoms with Crippen LogP contribution in [0.3, 0.4) is 0 Å². The maximum Gasteiger partial charge on any atom is 0.269 e. The molecule has 2 unspecified atom stereocenters. The lowest BCUT2D eigenvalue weighted by molar-refractivity contribution is 0.0577. The van der Waals surface area contributed by atoms with Gasteiger partial charge in [0.05, 0.1) is 24.0 Å². The van der Waals surface area contributed by atoms with Crippen LogP contribution in [0.25, 0.3) is 22.6 Å². The van der Waals surface area contributed by atoms with Crippen molar-refractivity contribution in [1.29, 1.82) is 0 Å². The summed E-state index contributed by atoms with van der Waals surface area (Å²) < 4.78 is 3.77. The molecular weight excluding hydrogens is 454 g/mol. The SMILES string of the molecule is CC(C)(O)Cn1cc(-c2c(C(N)=O)nc3n2CC2CC2c2ccc(C#CC4(O)CCCC4)cc2-3)cn1. The molecule has 3 heterocycles. The number of amides is 1. The van der Waals surface area contributed by atoms with Crippen molar-refractivity contribution in [2.45, 2.75) is 76.2 Å². The van der Waals surface area contributed by atoms with Crippen molar-refractivity contribution in [1.82, 2.24) is 19.3 Å². The third kappa shape index (κ3) is 4.12. The molecule has 2 fully saturated rings. The second-order valence-electron chi connectivity index (χ2n) is 11.2. The molecule has 0 radical (unpaired) electrons. The Morgan fingerprint density at radius 2 is 2.08 bits per heavy atom. The zero-order chi connectivity index (χ0) is 25.2. The first-order chi connectivity index (χ1) is 17.1. The number of aromatic nitrogens is 4. The predicted molar refractivity (Wildman–Crippen MR) is 135 cm³/mol. The summed E-state index contributed by atoms with van der Waals surface area (Å²) in [6.45, 7) is 4.51. The Hall–Kier alpha value is -3.41. The van der Waals surface area contributed by atoms with Crippen LogP contribution in [-0.2, 0) is 13.1 Å². The van der Waals surface area contributed by atoms with Crippen molar-refractivity contribution in [2.75, 3.05) is 0 Å². The van der Waals surface area contributed by atoms with E-state index in [0.717, 1.165) is 42.5 Å². The van der Waals surface area contributed by atoms with Crippen molar-refractivity contribution in [3.63, 3.8) is 0 Å². The summed E-state index contributed by atoms with van der Waals surface area (Å²) in [7, 11) is 0. The van der Waals surface area contributed by atoms with Gasteiger partial charge in [0.1, 0.15) is 11.4 Å². The maximum atomic E-state index is 12.5. The summed E-state index contributed by atoms with van der Waals surface area (Å²) in [5.74, 6) is 7.32. The zero-order valence-corrected chi connectivity index (χ0v) is 20.7. The highest BCUT2D eigenvalue weighted by atomic mass is 16.3. The van der Waals surface area contributed by atoms with Gasteiger partial charge < -0.3 is 20.5 Å². The number of imidazole rings is 1. The summed E-state index contributed by atoms with van der Waals surface area (Å²) in [5.41, 5.74) is 8.60. The number of fused-ring (bicyclic) bond motifs is 5. The summed E-state index contributed by atoms with van der Waals surface area (Å²) in [4.78, 5) is 17.3. The molecule has 0 bridgehead atoms. The molecule has 186 valence electrons. The van der Waals surface area contributed by atoms with E-state index in [4.69, 9.17) is 10.7 Å². The number of nitrogens with two attached hydrogens (primary N) is 1. The van der Waals surface area contributed by atoms with Crippen molar-refractivity contribution in [3.05, 3.63) is 47.4 Å². The van der Waals surface area contributed by atoms with Gasteiger partial charge in [0, 0.05) is 29.4 Å². The molecule has 1 aromatic carbocycles. The number of primary amides is 1. The Labute approximate surface area is 210 Å². The van der Waals surface area contributed by atoms with Crippen LogP contribution in [0.5, 0.6) is 0 Å². The van der Waals surface area contributed by atoms with Crippen molar-refractivity contribution in [3.8, 4) is 34.5 Å². The van der Waals surface area contributed by atoms with Gasteiger partial charge in [0.2, 0.25) is 0 Å². The fourth-order valence-corrected chi connectivity index (χ4v) is 5.76. The van der Waals surface area contributed by atoms with Crippen LogP contribution in [0, 0.1) is 17.8 Å². The number of nitrogens with zero attached hydrogens (tertiary/aromatic N) is 4. The van der Waals surface area contributed by atoms with Gasteiger partial charge in [-0.15, -0.1) is 0 Å². The van der Waals surface area contributed by atoms with Crippen LogP contribution in [0.2, 0.25) is 0 Å². The highest BCUT2D eigenvalue weighted by molar-refractivity contribution is 5.98. The Morgan fingerprint density at radius 3 is 2.81 bits per heavy atom. The Kier molecular flexibility index (Phi) is 5.15. The molecule has 2 atom stereocenters. The van der Waals surface area contributed by atoms with Crippen LogP contribution in [0.4, 0.5) is 0 Å². The zero-order valence-electron chi connectivity index (χ0n) is 20.7. The Morgan fingerprint density at radius 1 is 1.31 bits per heavy atom. The third-order valence-corrected chi connectivity index (χ3v) is 7.56. The molecule has 3 aromatic rings. The quantitative estimate of drug-likeness (QED) is 0.491. The van der Waals surface area contributed by atoms with Crippen LogP contribution in [0.1, 0.15) is 73.5 Å². The molecule has 36 heavy (non-hydrogen) atoms. The molecule has 1 amide bonds. The van der Waals surface area contributed by atoms with Gasteiger partial charge in [-0.1, -0.05) is 17.9 Å². The van der Waals surface area contributed by atoms with Gasteiger partial charge >= 0.3 is 0 Å². The number of hydrogen-bond acceptors (Lipinski definition) is 5. The molecule has 1 aliphatic heterocycles. The van der Waals surface area contributed by atoms with E-state index in [1.54, 1.807) is 24.7 Å². The summed E-state index contributed by atoms with van der Waals surface area (Å²) in [6.07, 6.45) is 8.04. The van der Waals surface area contributed by atoms with Crippen LogP contribution in [0.15, 0.2) is 30.6 Å². The molecule has 2 aromatic heterocycles. The second kappa shape index (κ2) is 8.05. The number of hydrogen-bond donors (Lipinski definition) is 3. The van der Waals surface area contributed by atoms with E-state index in [2.05, 4.69) is 27.6 Å². The average Bonchev–Trinajstić information content (AvgIpc) is 3.08. The first kappa shape index (κ1) is 23.0. The number of carbonyl (C=O) groups is 1. The lowest BCUT2D eigenvalue weighted by Gasteiger charge is -2.16. The minimum Gasteiger partial charge on any atom is -0.389 e. The van der Waals surface area contributed by atoms with Gasteiger partial charge in [-0.3, -0.25) is 9.48 Å². The molecule has 8 nitrogen and oxygen atoms in total. The number of benzene rings is 1. The van der Waals surface area contributed by atoms with Crippen molar-refractivity contribution >= 4 is 5.91 Å². The highest BCUT2D eigenvalue weighted by Gasteiger charge is 2.44. The van der Waals surface area contributed by atoms with Crippen molar-refractivity contribution in [2.24, 2.45) is 11.7 Å². The number of aliphatic hydroxyl groups is 2. The standard InChI is InChI=1S/C28H31N5O3/c1-27(2,35)16-32-14-19(13-30-32)24-23(25(29)34)31-26-22-11-17(7-10-28(36)8-3-4-9-28)5-6-20(22)21-12-18(21)15-33(24)26/h5-6,11,13-14,18,21,35-36H,3-4,8-9,12,15-16H2,1-2H3,(H2,29,34). The largest absolute Gasteiger partial charge is 0.389 e. The monoisotopic (exact) mass is 485 g/mol. The third-order valence-electron chi connectivity index (χ3n) is 7.56. The van der Waals surface area contributed by atoms with Gasteiger partial charge in [-0.2, -0.15) is 5.10 Å². The minimum atomic E-state index is -0.923. The lowest BCUT2D eigenvalue weighted by atomic mass is 9.98. The molecule has 6 rings (SSSR count). The van der Waals surface area contributed by atoms with E-state index in [1.807, 2.05) is 18.3 Å². The van der Waals surface area contributed by atoms with E-state index in [-0.39, 0.29) is 5.69 Å². The van der Waals surface area contributed by atoms with E-state index in [9.17, 15) is 15.0 Å². The molecule has 0 saturated heterocycles.